The Bertz CT molecular complexity index is 854. The lowest BCUT2D eigenvalue weighted by atomic mass is 10.1. The molecule has 1 aromatic heterocycles. The number of aliphatic carboxylic acids is 1. The molecule has 0 radical (unpaired) electrons. The first-order valence-electron chi connectivity index (χ1n) is 10.5. The van der Waals surface area contributed by atoms with Gasteiger partial charge in [0.15, 0.2) is 5.96 Å². The summed E-state index contributed by atoms with van der Waals surface area (Å²) in [6.07, 6.45) is 2.02. The summed E-state index contributed by atoms with van der Waals surface area (Å²) < 4.78 is 0. The van der Waals surface area contributed by atoms with E-state index in [9.17, 15) is 29.4 Å². The third-order valence-corrected chi connectivity index (χ3v) is 4.75. The van der Waals surface area contributed by atoms with E-state index in [-0.39, 0.29) is 25.3 Å². The first-order valence-corrected chi connectivity index (χ1v) is 10.5. The number of aliphatic hydroxyl groups excluding tert-OH is 1. The van der Waals surface area contributed by atoms with Gasteiger partial charge < -0.3 is 48.3 Å². The zero-order valence-electron chi connectivity index (χ0n) is 19.0. The number of nitrogens with one attached hydrogen (secondary N) is 4. The molecule has 1 heterocycles. The molecule has 0 aliphatic rings. The van der Waals surface area contributed by atoms with Crippen molar-refractivity contribution in [2.75, 3.05) is 6.54 Å². The van der Waals surface area contributed by atoms with E-state index in [4.69, 9.17) is 17.2 Å². The molecule has 0 bridgehead atoms. The fourth-order valence-electron chi connectivity index (χ4n) is 2.75. The summed E-state index contributed by atoms with van der Waals surface area (Å²) in [6.45, 7) is 2.88. The van der Waals surface area contributed by atoms with Gasteiger partial charge in [0.2, 0.25) is 17.7 Å². The van der Waals surface area contributed by atoms with E-state index in [1.165, 1.54) is 26.4 Å². The standard InChI is InChI=1S/C19H33N9O6/c1-9(26-17(32)14(20)10(2)29)15(30)28-13(6-11-7-23-8-25-11)16(31)27-12(18(33)34)4-3-5-24-19(21)22/h7-10,12-14,29H,3-6,20H2,1-2H3,(H,23,25)(H,26,32)(H,27,31)(H,28,30)(H,33,34)(H4,21,22,24). The van der Waals surface area contributed by atoms with Crippen LogP contribution in [0.2, 0.25) is 0 Å². The first-order chi connectivity index (χ1) is 15.9. The Morgan fingerprint density at radius 3 is 2.26 bits per heavy atom. The van der Waals surface area contributed by atoms with Crippen LogP contribution in [0.1, 0.15) is 32.4 Å². The Kier molecular flexibility index (Phi) is 11.4. The number of aromatic amines is 1. The number of hydrogen-bond donors (Lipinski definition) is 9. The van der Waals surface area contributed by atoms with Crippen molar-refractivity contribution in [3.63, 3.8) is 0 Å². The lowest BCUT2D eigenvalue weighted by molar-refractivity contribution is -0.142. The Balaban J connectivity index is 2.87. The highest BCUT2D eigenvalue weighted by atomic mass is 16.4. The summed E-state index contributed by atoms with van der Waals surface area (Å²) in [7, 11) is 0. The maximum Gasteiger partial charge on any atom is 0.326 e. The maximum absolute atomic E-state index is 12.9. The van der Waals surface area contributed by atoms with E-state index in [1.54, 1.807) is 0 Å². The van der Waals surface area contributed by atoms with E-state index in [0.29, 0.717) is 12.1 Å². The van der Waals surface area contributed by atoms with Gasteiger partial charge in [-0.1, -0.05) is 0 Å². The molecule has 15 nitrogen and oxygen atoms in total. The average Bonchev–Trinajstić information content (AvgIpc) is 3.27. The van der Waals surface area contributed by atoms with Crippen molar-refractivity contribution in [3.05, 3.63) is 18.2 Å². The lowest BCUT2D eigenvalue weighted by Gasteiger charge is -2.24. The van der Waals surface area contributed by atoms with Crippen LogP contribution < -0.4 is 33.2 Å². The van der Waals surface area contributed by atoms with Gasteiger partial charge in [-0.05, 0) is 26.7 Å². The van der Waals surface area contributed by atoms with E-state index in [1.807, 2.05) is 0 Å². The zero-order valence-corrected chi connectivity index (χ0v) is 19.0. The van der Waals surface area contributed by atoms with Crippen LogP contribution in [0.3, 0.4) is 0 Å². The van der Waals surface area contributed by atoms with Crippen LogP contribution in [0.15, 0.2) is 17.5 Å². The van der Waals surface area contributed by atoms with Gasteiger partial charge in [0.1, 0.15) is 24.2 Å². The molecule has 0 saturated heterocycles. The SMILES string of the molecule is CC(NC(=O)C(N)C(C)O)C(=O)NC(Cc1cnc[nH]1)C(=O)NC(CCCN=C(N)N)C(=O)O. The van der Waals surface area contributed by atoms with Crippen LogP contribution in [0.25, 0.3) is 0 Å². The number of amides is 3. The molecular weight excluding hydrogens is 450 g/mol. The molecule has 0 aliphatic heterocycles. The summed E-state index contributed by atoms with van der Waals surface area (Å²) in [5, 5.41) is 26.1. The van der Waals surface area contributed by atoms with Crippen LogP contribution in [-0.2, 0) is 25.6 Å². The summed E-state index contributed by atoms with van der Waals surface area (Å²) in [6, 6.07) is -4.76. The minimum absolute atomic E-state index is 0.0221. The Labute approximate surface area is 195 Å². The first kappa shape index (κ1) is 28.3. The van der Waals surface area contributed by atoms with Crippen molar-refractivity contribution in [2.24, 2.45) is 22.2 Å². The number of rotatable bonds is 14. The minimum Gasteiger partial charge on any atom is -0.480 e. The molecule has 0 aromatic carbocycles. The van der Waals surface area contributed by atoms with Gasteiger partial charge in [-0.25, -0.2) is 9.78 Å². The quantitative estimate of drug-likeness (QED) is 0.0709. The molecule has 1 aromatic rings. The second kappa shape index (κ2) is 13.7. The number of aliphatic imine (C=N–C) groups is 1. The van der Waals surface area contributed by atoms with Crippen molar-refractivity contribution >= 4 is 29.7 Å². The predicted octanol–water partition coefficient (Wildman–Crippen LogP) is -3.73. The van der Waals surface area contributed by atoms with Crippen LogP contribution in [0, 0.1) is 0 Å². The van der Waals surface area contributed by atoms with Crippen molar-refractivity contribution in [2.45, 2.75) is 63.4 Å². The van der Waals surface area contributed by atoms with Crippen LogP contribution >= 0.6 is 0 Å². The van der Waals surface area contributed by atoms with E-state index < -0.39 is 54.0 Å². The summed E-state index contributed by atoms with van der Waals surface area (Å²) in [5.41, 5.74) is 16.5. The molecule has 0 fully saturated rings. The monoisotopic (exact) mass is 483 g/mol. The topological polar surface area (TPSA) is 264 Å². The van der Waals surface area contributed by atoms with Gasteiger partial charge in [-0.2, -0.15) is 0 Å². The van der Waals surface area contributed by atoms with Crippen LogP contribution in [0.4, 0.5) is 0 Å². The molecule has 12 N–H and O–H groups in total. The highest BCUT2D eigenvalue weighted by Crippen LogP contribution is 2.04. The summed E-state index contributed by atoms with van der Waals surface area (Å²) in [4.78, 5) is 59.5. The number of nitrogens with two attached hydrogens (primary N) is 3. The molecule has 0 saturated carbocycles. The van der Waals surface area contributed by atoms with E-state index in [0.717, 1.165) is 0 Å². The molecule has 190 valence electrons. The lowest BCUT2D eigenvalue weighted by Crippen LogP contribution is -2.57. The largest absolute Gasteiger partial charge is 0.480 e. The van der Waals surface area contributed by atoms with E-state index in [2.05, 4.69) is 30.9 Å². The molecular formula is C19H33N9O6. The number of carboxylic acid groups (broad SMARTS) is 1. The number of H-pyrrole nitrogens is 1. The summed E-state index contributed by atoms with van der Waals surface area (Å²) >= 11 is 0. The molecule has 3 amide bonds. The zero-order chi connectivity index (χ0) is 25.8. The smallest absolute Gasteiger partial charge is 0.326 e. The molecule has 5 unspecified atom stereocenters. The van der Waals surface area contributed by atoms with Gasteiger partial charge >= 0.3 is 5.97 Å². The van der Waals surface area contributed by atoms with Crippen molar-refractivity contribution in [1.82, 2.24) is 25.9 Å². The fourth-order valence-corrected chi connectivity index (χ4v) is 2.75. The third-order valence-electron chi connectivity index (χ3n) is 4.75. The minimum atomic E-state index is -1.27. The predicted molar refractivity (Wildman–Crippen MR) is 121 cm³/mol. The number of hydrogen-bond acceptors (Lipinski definition) is 8. The normalized spacial score (nSPS) is 15.2. The summed E-state index contributed by atoms with van der Waals surface area (Å²) in [5.74, 6) is -3.62. The highest BCUT2D eigenvalue weighted by molar-refractivity contribution is 5.94. The maximum atomic E-state index is 12.9. The number of aliphatic hydroxyl groups is 1. The average molecular weight is 484 g/mol. The van der Waals surface area contributed by atoms with Gasteiger partial charge in [-0.3, -0.25) is 19.4 Å². The van der Waals surface area contributed by atoms with Crippen molar-refractivity contribution in [3.8, 4) is 0 Å². The van der Waals surface area contributed by atoms with E-state index >= 15 is 0 Å². The van der Waals surface area contributed by atoms with Gasteiger partial charge in [-0.15, -0.1) is 0 Å². The third kappa shape index (κ3) is 9.83. The Hall–Kier alpha value is -3.72. The Morgan fingerprint density at radius 2 is 1.74 bits per heavy atom. The second-order valence-electron chi connectivity index (χ2n) is 7.69. The number of carbonyl (C=O) groups is 4. The molecule has 5 atom stereocenters. The molecule has 0 aliphatic carbocycles. The Morgan fingerprint density at radius 1 is 1.09 bits per heavy atom. The second-order valence-corrected chi connectivity index (χ2v) is 7.69. The van der Waals surface area contributed by atoms with Gasteiger partial charge in [0.25, 0.3) is 0 Å². The number of imidazole rings is 1. The molecule has 34 heavy (non-hydrogen) atoms. The van der Waals surface area contributed by atoms with Crippen LogP contribution in [-0.4, -0.2) is 86.6 Å². The fraction of sp³-hybridized carbons (Fsp3) is 0.579. The van der Waals surface area contributed by atoms with Crippen molar-refractivity contribution in [1.29, 1.82) is 0 Å². The number of carbonyl (C=O) groups excluding carboxylic acids is 3. The molecule has 1 rings (SSSR count). The highest BCUT2D eigenvalue weighted by Gasteiger charge is 2.29. The number of aromatic nitrogens is 2. The van der Waals surface area contributed by atoms with Crippen LogP contribution in [0.5, 0.6) is 0 Å². The number of carboxylic acids is 1. The number of guanidine groups is 1. The van der Waals surface area contributed by atoms with Crippen molar-refractivity contribution < 1.29 is 29.4 Å². The number of nitrogens with zero attached hydrogens (tertiary/aromatic N) is 2. The van der Waals surface area contributed by atoms with Gasteiger partial charge in [0, 0.05) is 24.9 Å². The van der Waals surface area contributed by atoms with Gasteiger partial charge in [0.05, 0.1) is 12.4 Å². The molecule has 15 heteroatoms. The molecule has 0 spiro atoms.